The maximum atomic E-state index is 12.6. The maximum absolute atomic E-state index is 12.6. The van der Waals surface area contributed by atoms with Gasteiger partial charge in [-0.25, -0.2) is 0 Å². The number of ether oxygens (including phenoxy) is 1. The molecule has 2 aromatic carbocycles. The molecule has 0 saturated heterocycles. The van der Waals surface area contributed by atoms with Gasteiger partial charge in [-0.15, -0.1) is 0 Å². The number of rotatable bonds is 8. The normalized spacial score (nSPS) is 11.7. The van der Waals surface area contributed by atoms with Gasteiger partial charge in [-0.1, -0.05) is 53.2 Å². The minimum atomic E-state index is -4.22. The van der Waals surface area contributed by atoms with Crippen LogP contribution in [0.1, 0.15) is 29.3 Å². The second-order valence-electron chi connectivity index (χ2n) is 5.56. The minimum absolute atomic E-state index is 0.119. The Kier molecular flexibility index (Phi) is 6.84. The van der Waals surface area contributed by atoms with E-state index in [9.17, 15) is 18.0 Å². The van der Waals surface area contributed by atoms with E-state index in [0.717, 1.165) is 5.56 Å². The standard InChI is InChI=1S/C19H19NO6S/c1-3-25-18(21)13-17(19(22)15-11-9-14(2)10-12-15)20-26-27(23,24)16-7-5-4-6-8-16/h4-12H,3,13H2,1-2H3/b20-17+. The van der Waals surface area contributed by atoms with Crippen LogP contribution in [0.15, 0.2) is 64.6 Å². The molecule has 2 rings (SSSR count). The van der Waals surface area contributed by atoms with Gasteiger partial charge in [0, 0.05) is 5.56 Å². The van der Waals surface area contributed by atoms with Gasteiger partial charge in [0.05, 0.1) is 13.0 Å². The summed E-state index contributed by atoms with van der Waals surface area (Å²) in [6.07, 6.45) is -0.509. The summed E-state index contributed by atoms with van der Waals surface area (Å²) in [5.41, 5.74) is 0.833. The molecule has 0 atom stereocenters. The van der Waals surface area contributed by atoms with Crippen molar-refractivity contribution < 1.29 is 27.0 Å². The molecule has 142 valence electrons. The Morgan fingerprint density at radius 2 is 1.63 bits per heavy atom. The van der Waals surface area contributed by atoms with Crippen molar-refractivity contribution in [3.05, 3.63) is 65.7 Å². The molecule has 0 fully saturated rings. The van der Waals surface area contributed by atoms with Gasteiger partial charge in [-0.3, -0.25) is 13.9 Å². The Morgan fingerprint density at radius 3 is 2.22 bits per heavy atom. The number of aryl methyl sites for hydroxylation is 1. The largest absolute Gasteiger partial charge is 0.466 e. The molecular weight excluding hydrogens is 370 g/mol. The monoisotopic (exact) mass is 389 g/mol. The quantitative estimate of drug-likeness (QED) is 0.298. The second kappa shape index (κ2) is 9.09. The summed E-state index contributed by atoms with van der Waals surface area (Å²) in [4.78, 5) is 24.3. The van der Waals surface area contributed by atoms with Crippen LogP contribution in [0.25, 0.3) is 0 Å². The zero-order chi connectivity index (χ0) is 19.9. The van der Waals surface area contributed by atoms with Crippen molar-refractivity contribution in [3.8, 4) is 0 Å². The number of carbonyl (C=O) groups is 2. The predicted molar refractivity (Wildman–Crippen MR) is 98.9 cm³/mol. The van der Waals surface area contributed by atoms with Crippen molar-refractivity contribution in [2.75, 3.05) is 6.61 Å². The summed E-state index contributed by atoms with van der Waals surface area (Å²) in [6, 6.07) is 13.9. The average Bonchev–Trinajstić information content (AvgIpc) is 2.66. The third-order valence-electron chi connectivity index (χ3n) is 3.47. The van der Waals surface area contributed by atoms with Crippen molar-refractivity contribution in [2.45, 2.75) is 25.2 Å². The Bertz CT molecular complexity index is 934. The Labute approximate surface area is 157 Å². The molecule has 0 N–H and O–H groups in total. The Hall–Kier alpha value is -3.00. The van der Waals surface area contributed by atoms with Crippen LogP contribution in [0.4, 0.5) is 0 Å². The third kappa shape index (κ3) is 5.75. The molecule has 0 spiro atoms. The number of nitrogens with zero attached hydrogens (tertiary/aromatic N) is 1. The van der Waals surface area contributed by atoms with E-state index in [-0.39, 0.29) is 22.8 Å². The molecule has 0 heterocycles. The van der Waals surface area contributed by atoms with Gasteiger partial charge >= 0.3 is 16.1 Å². The molecule has 0 bridgehead atoms. The van der Waals surface area contributed by atoms with E-state index in [4.69, 9.17) is 4.74 Å². The van der Waals surface area contributed by atoms with E-state index >= 15 is 0 Å². The van der Waals surface area contributed by atoms with Crippen LogP contribution in [0.5, 0.6) is 0 Å². The molecule has 0 aliphatic rings. The summed E-state index contributed by atoms with van der Waals surface area (Å²) >= 11 is 0. The van der Waals surface area contributed by atoms with Gasteiger partial charge < -0.3 is 4.74 Å². The lowest BCUT2D eigenvalue weighted by molar-refractivity contribution is -0.141. The van der Waals surface area contributed by atoms with Gasteiger partial charge in [0.25, 0.3) is 0 Å². The van der Waals surface area contributed by atoms with E-state index < -0.39 is 28.3 Å². The van der Waals surface area contributed by atoms with Crippen LogP contribution in [0, 0.1) is 6.92 Å². The van der Waals surface area contributed by atoms with Crippen LogP contribution in [-0.4, -0.2) is 32.5 Å². The summed E-state index contributed by atoms with van der Waals surface area (Å²) in [5.74, 6) is -1.33. The second-order valence-corrected chi connectivity index (χ2v) is 7.09. The highest BCUT2D eigenvalue weighted by atomic mass is 32.2. The van der Waals surface area contributed by atoms with Crippen molar-refractivity contribution in [1.29, 1.82) is 0 Å². The van der Waals surface area contributed by atoms with Gasteiger partial charge in [0.15, 0.2) is 0 Å². The lowest BCUT2D eigenvalue weighted by atomic mass is 10.0. The van der Waals surface area contributed by atoms with Gasteiger partial charge in [-0.05, 0) is 26.0 Å². The summed E-state index contributed by atoms with van der Waals surface area (Å²) < 4.78 is 33.9. The molecule has 0 radical (unpaired) electrons. The highest BCUT2D eigenvalue weighted by molar-refractivity contribution is 7.86. The molecule has 0 amide bonds. The number of carbonyl (C=O) groups excluding carboxylic acids is 2. The van der Waals surface area contributed by atoms with Crippen molar-refractivity contribution in [2.24, 2.45) is 5.16 Å². The van der Waals surface area contributed by atoms with Crippen molar-refractivity contribution in [1.82, 2.24) is 0 Å². The predicted octanol–water partition coefficient (Wildman–Crippen LogP) is 2.89. The molecule has 0 saturated carbocycles. The van der Waals surface area contributed by atoms with Crippen LogP contribution in [0.3, 0.4) is 0 Å². The molecule has 8 heteroatoms. The smallest absolute Gasteiger partial charge is 0.358 e. The Balaban J connectivity index is 2.31. The molecule has 0 unspecified atom stereocenters. The molecule has 0 aliphatic heterocycles. The number of hydrogen-bond acceptors (Lipinski definition) is 7. The molecule has 27 heavy (non-hydrogen) atoms. The fourth-order valence-electron chi connectivity index (χ4n) is 2.10. The van der Waals surface area contributed by atoms with Crippen molar-refractivity contribution >= 4 is 27.6 Å². The fourth-order valence-corrected chi connectivity index (χ4v) is 2.86. The van der Waals surface area contributed by atoms with E-state index in [1.807, 2.05) is 6.92 Å². The van der Waals surface area contributed by atoms with Crippen LogP contribution in [0.2, 0.25) is 0 Å². The Morgan fingerprint density at radius 1 is 1.00 bits per heavy atom. The lowest BCUT2D eigenvalue weighted by Gasteiger charge is -2.07. The average molecular weight is 389 g/mol. The molecule has 0 aromatic heterocycles. The van der Waals surface area contributed by atoms with E-state index in [1.54, 1.807) is 37.3 Å². The van der Waals surface area contributed by atoms with Crippen LogP contribution in [-0.2, 0) is 23.9 Å². The first-order chi connectivity index (χ1) is 12.8. The maximum Gasteiger partial charge on any atom is 0.358 e. The lowest BCUT2D eigenvalue weighted by Crippen LogP contribution is -2.21. The highest BCUT2D eigenvalue weighted by Gasteiger charge is 2.22. The topological polar surface area (TPSA) is 99.1 Å². The summed E-state index contributed by atoms with van der Waals surface area (Å²) in [7, 11) is -4.22. The SMILES string of the molecule is CCOC(=O)C/C(=N\OS(=O)(=O)c1ccccc1)C(=O)c1ccc(C)cc1. The fraction of sp³-hybridized carbons (Fsp3) is 0.211. The first-order valence-electron chi connectivity index (χ1n) is 8.16. The molecule has 2 aromatic rings. The van der Waals surface area contributed by atoms with Crippen LogP contribution >= 0.6 is 0 Å². The zero-order valence-corrected chi connectivity index (χ0v) is 15.7. The first-order valence-corrected chi connectivity index (χ1v) is 9.57. The zero-order valence-electron chi connectivity index (χ0n) is 14.9. The first kappa shape index (κ1) is 20.3. The van der Waals surface area contributed by atoms with Crippen LogP contribution < -0.4 is 0 Å². The third-order valence-corrected chi connectivity index (χ3v) is 4.59. The molecular formula is C19H19NO6S. The van der Waals surface area contributed by atoms with Crippen molar-refractivity contribution in [3.63, 3.8) is 0 Å². The van der Waals surface area contributed by atoms with E-state index in [0.29, 0.717) is 0 Å². The minimum Gasteiger partial charge on any atom is -0.466 e. The number of ketones is 1. The van der Waals surface area contributed by atoms with Gasteiger partial charge in [0.2, 0.25) is 5.78 Å². The number of Topliss-reactive ketones (excluding diaryl/α,β-unsaturated/α-hetero) is 1. The number of benzene rings is 2. The number of hydrogen-bond donors (Lipinski definition) is 0. The van der Waals surface area contributed by atoms with E-state index in [1.165, 1.54) is 24.3 Å². The number of esters is 1. The molecule has 7 nitrogen and oxygen atoms in total. The van der Waals surface area contributed by atoms with E-state index in [2.05, 4.69) is 9.44 Å². The number of oxime groups is 1. The van der Waals surface area contributed by atoms with Gasteiger partial charge in [-0.2, -0.15) is 8.42 Å². The highest BCUT2D eigenvalue weighted by Crippen LogP contribution is 2.13. The molecule has 0 aliphatic carbocycles. The van der Waals surface area contributed by atoms with Gasteiger partial charge in [0.1, 0.15) is 10.6 Å². The summed E-state index contributed by atoms with van der Waals surface area (Å²) in [5, 5.41) is 3.47. The summed E-state index contributed by atoms with van der Waals surface area (Å²) in [6.45, 7) is 3.60.